The van der Waals surface area contributed by atoms with Crippen molar-refractivity contribution in [3.05, 3.63) is 33.4 Å². The van der Waals surface area contributed by atoms with Crippen LogP contribution in [0.3, 0.4) is 0 Å². The topological polar surface area (TPSA) is 21.3 Å². The van der Waals surface area contributed by atoms with Crippen molar-refractivity contribution in [3.63, 3.8) is 0 Å². The summed E-state index contributed by atoms with van der Waals surface area (Å²) in [5, 5.41) is 3.44. The first-order valence-electron chi connectivity index (χ1n) is 6.78. The second-order valence-corrected chi connectivity index (χ2v) is 6.23. The van der Waals surface area contributed by atoms with Gasteiger partial charge in [0.2, 0.25) is 0 Å². The Labute approximate surface area is 124 Å². The van der Waals surface area contributed by atoms with Crippen molar-refractivity contribution in [2.75, 3.05) is 13.7 Å². The molecule has 0 spiro atoms. The number of hydrogen-bond donors (Lipinski definition) is 1. The van der Waals surface area contributed by atoms with Gasteiger partial charge in [-0.15, -0.1) is 0 Å². The predicted octanol–water partition coefficient (Wildman–Crippen LogP) is 3.24. The highest BCUT2D eigenvalue weighted by atomic mass is 127. The average molecular weight is 359 g/mol. The van der Waals surface area contributed by atoms with Gasteiger partial charge in [0.15, 0.2) is 0 Å². The van der Waals surface area contributed by atoms with Gasteiger partial charge in [-0.1, -0.05) is 12.1 Å². The van der Waals surface area contributed by atoms with Crippen molar-refractivity contribution in [1.82, 2.24) is 5.32 Å². The average Bonchev–Trinajstić information content (AvgIpc) is 3.20. The first kappa shape index (κ1) is 14.3. The highest BCUT2D eigenvalue weighted by molar-refractivity contribution is 14.1. The number of rotatable bonds is 7. The molecule has 0 bridgehead atoms. The van der Waals surface area contributed by atoms with Crippen molar-refractivity contribution >= 4 is 22.6 Å². The van der Waals surface area contributed by atoms with Crippen LogP contribution in [0.25, 0.3) is 0 Å². The zero-order valence-electron chi connectivity index (χ0n) is 11.2. The fraction of sp³-hybridized carbons (Fsp3) is 0.600. The molecule has 100 valence electrons. The third kappa shape index (κ3) is 3.93. The van der Waals surface area contributed by atoms with Crippen molar-refractivity contribution in [2.45, 2.75) is 38.3 Å². The number of halogens is 1. The molecule has 1 aromatic carbocycles. The van der Waals surface area contributed by atoms with E-state index in [0.29, 0.717) is 12.1 Å². The molecule has 18 heavy (non-hydrogen) atoms. The lowest BCUT2D eigenvalue weighted by Crippen LogP contribution is -2.42. The second-order valence-electron chi connectivity index (χ2n) is 4.98. The van der Waals surface area contributed by atoms with Crippen LogP contribution in [0.15, 0.2) is 24.3 Å². The Morgan fingerprint density at radius 2 is 2.00 bits per heavy atom. The summed E-state index contributed by atoms with van der Waals surface area (Å²) in [6.07, 6.45) is 4.08. The first-order valence-corrected chi connectivity index (χ1v) is 7.85. The molecule has 2 nitrogen and oxygen atoms in total. The maximum atomic E-state index is 5.95. The Hall–Kier alpha value is -0.130. The van der Waals surface area contributed by atoms with E-state index in [4.69, 9.17) is 4.74 Å². The molecule has 2 rings (SSSR count). The Morgan fingerprint density at radius 3 is 2.50 bits per heavy atom. The second kappa shape index (κ2) is 6.87. The third-order valence-corrected chi connectivity index (χ3v) is 4.30. The number of nitrogens with one attached hydrogen (secondary N) is 1. The molecule has 0 aromatic heterocycles. The Morgan fingerprint density at radius 1 is 1.33 bits per heavy atom. The third-order valence-electron chi connectivity index (χ3n) is 3.58. The maximum absolute atomic E-state index is 5.95. The molecule has 1 saturated carbocycles. The molecule has 2 atom stereocenters. The van der Waals surface area contributed by atoms with Crippen LogP contribution in [0.5, 0.6) is 0 Å². The number of hydrogen-bond acceptors (Lipinski definition) is 2. The van der Waals surface area contributed by atoms with Gasteiger partial charge in [-0.05, 0) is 79.4 Å². The molecule has 1 aliphatic carbocycles. The number of likely N-dealkylation sites (N-methyl/N-ethyl adjacent to an activating group) is 1. The highest BCUT2D eigenvalue weighted by Gasteiger charge is 2.36. The summed E-state index contributed by atoms with van der Waals surface area (Å²) in [5.41, 5.74) is 1.39. The van der Waals surface area contributed by atoms with Crippen LogP contribution < -0.4 is 5.32 Å². The van der Waals surface area contributed by atoms with Crippen LogP contribution in [-0.4, -0.2) is 25.8 Å². The van der Waals surface area contributed by atoms with Gasteiger partial charge in [-0.2, -0.15) is 0 Å². The largest absolute Gasteiger partial charge is 0.377 e. The predicted molar refractivity (Wildman–Crippen MR) is 83.8 cm³/mol. The fourth-order valence-corrected chi connectivity index (χ4v) is 2.81. The van der Waals surface area contributed by atoms with Crippen molar-refractivity contribution in [1.29, 1.82) is 0 Å². The summed E-state index contributed by atoms with van der Waals surface area (Å²) >= 11 is 2.35. The summed E-state index contributed by atoms with van der Waals surface area (Å²) in [6, 6.07) is 9.23. The lowest BCUT2D eigenvalue weighted by atomic mass is 9.98. The molecule has 1 aliphatic rings. The normalized spacial score (nSPS) is 18.6. The van der Waals surface area contributed by atoms with Gasteiger partial charge in [0, 0.05) is 16.2 Å². The number of ether oxygens (including phenoxy) is 1. The monoisotopic (exact) mass is 359 g/mol. The minimum Gasteiger partial charge on any atom is -0.377 e. The molecular formula is C15H22INO. The van der Waals surface area contributed by atoms with E-state index in [9.17, 15) is 0 Å². The molecule has 2 unspecified atom stereocenters. The molecule has 1 aromatic rings. The van der Waals surface area contributed by atoms with Gasteiger partial charge in [0.25, 0.3) is 0 Å². The SMILES string of the molecule is CCOC(C1CC1)C(Cc1ccc(I)cc1)NC. The zero-order valence-corrected chi connectivity index (χ0v) is 13.3. The Bertz CT molecular complexity index is 361. The van der Waals surface area contributed by atoms with Gasteiger partial charge in [-0.3, -0.25) is 0 Å². The first-order chi connectivity index (χ1) is 8.74. The van der Waals surface area contributed by atoms with Crippen molar-refractivity contribution in [2.24, 2.45) is 5.92 Å². The molecule has 1 N–H and O–H groups in total. The molecule has 1 fully saturated rings. The van der Waals surface area contributed by atoms with Crippen LogP contribution in [-0.2, 0) is 11.2 Å². The van der Waals surface area contributed by atoms with E-state index >= 15 is 0 Å². The summed E-state index contributed by atoms with van der Waals surface area (Å²) < 4.78 is 7.24. The zero-order chi connectivity index (χ0) is 13.0. The van der Waals surface area contributed by atoms with E-state index in [1.165, 1.54) is 22.0 Å². The van der Waals surface area contributed by atoms with Crippen molar-refractivity contribution < 1.29 is 4.74 Å². The van der Waals surface area contributed by atoms with E-state index < -0.39 is 0 Å². The van der Waals surface area contributed by atoms with Gasteiger partial charge in [0.1, 0.15) is 0 Å². The standard InChI is InChI=1S/C15H22INO/c1-3-18-15(12-6-7-12)14(17-2)10-11-4-8-13(16)9-5-11/h4-5,8-9,12,14-15,17H,3,6-7,10H2,1-2H3. The molecular weight excluding hydrogens is 337 g/mol. The van der Waals surface area contributed by atoms with Gasteiger partial charge in [0.05, 0.1) is 6.10 Å². The summed E-state index contributed by atoms with van der Waals surface area (Å²) in [5.74, 6) is 0.770. The quantitative estimate of drug-likeness (QED) is 0.755. The van der Waals surface area contributed by atoms with E-state index in [0.717, 1.165) is 18.9 Å². The van der Waals surface area contributed by atoms with Gasteiger partial charge >= 0.3 is 0 Å². The van der Waals surface area contributed by atoms with E-state index in [1.807, 2.05) is 7.05 Å². The van der Waals surface area contributed by atoms with E-state index in [2.05, 4.69) is 59.1 Å². The van der Waals surface area contributed by atoms with E-state index in [-0.39, 0.29) is 0 Å². The van der Waals surface area contributed by atoms with Gasteiger partial charge < -0.3 is 10.1 Å². The summed E-state index contributed by atoms with van der Waals surface area (Å²) in [7, 11) is 2.05. The molecule has 0 radical (unpaired) electrons. The Balaban J connectivity index is 2.00. The van der Waals surface area contributed by atoms with Gasteiger partial charge in [-0.25, -0.2) is 0 Å². The molecule has 0 aliphatic heterocycles. The van der Waals surface area contributed by atoms with Crippen LogP contribution in [0, 0.1) is 9.49 Å². The Kier molecular flexibility index (Phi) is 5.45. The van der Waals surface area contributed by atoms with E-state index in [1.54, 1.807) is 0 Å². The lowest BCUT2D eigenvalue weighted by molar-refractivity contribution is 0.0211. The molecule has 3 heteroatoms. The van der Waals surface area contributed by atoms with Crippen LogP contribution in [0.2, 0.25) is 0 Å². The minimum absolute atomic E-state index is 0.374. The fourth-order valence-electron chi connectivity index (χ4n) is 2.45. The highest BCUT2D eigenvalue weighted by Crippen LogP contribution is 2.36. The van der Waals surface area contributed by atoms with Crippen LogP contribution in [0.4, 0.5) is 0 Å². The van der Waals surface area contributed by atoms with Crippen LogP contribution >= 0.6 is 22.6 Å². The minimum atomic E-state index is 0.374. The summed E-state index contributed by atoms with van der Waals surface area (Å²) in [6.45, 7) is 2.90. The van der Waals surface area contributed by atoms with Crippen LogP contribution in [0.1, 0.15) is 25.3 Å². The van der Waals surface area contributed by atoms with Crippen molar-refractivity contribution in [3.8, 4) is 0 Å². The molecule has 0 heterocycles. The lowest BCUT2D eigenvalue weighted by Gasteiger charge is -2.27. The molecule has 0 saturated heterocycles. The maximum Gasteiger partial charge on any atom is 0.0759 e. The summed E-state index contributed by atoms with van der Waals surface area (Å²) in [4.78, 5) is 0. The molecule has 0 amide bonds. The smallest absolute Gasteiger partial charge is 0.0759 e. The number of benzene rings is 1.